The molecule has 4 nitrogen and oxygen atoms in total. The molecule has 0 N–H and O–H groups in total. The fourth-order valence-electron chi connectivity index (χ4n) is 4.06. The summed E-state index contributed by atoms with van der Waals surface area (Å²) in [5.41, 5.74) is 1.38. The Kier molecular flexibility index (Phi) is 4.51. The molecule has 0 atom stereocenters. The fraction of sp³-hybridized carbons (Fsp3) is 0.632. The quantitative estimate of drug-likeness (QED) is 0.855. The SMILES string of the molecule is c1ccc(CN2CCN=C2N2CC(CC3CCOCC3)C2)cc1. The standard InChI is InChI=1S/C19H27N3O/c1-2-4-17(5-3-1)13-21-9-8-20-19(21)22-14-18(15-22)12-16-6-10-23-11-7-16/h1-5,16,18H,6-15H2. The van der Waals surface area contributed by atoms with Gasteiger partial charge in [0.15, 0.2) is 5.96 Å². The zero-order valence-corrected chi connectivity index (χ0v) is 13.9. The maximum absolute atomic E-state index is 5.47. The zero-order valence-electron chi connectivity index (χ0n) is 13.9. The molecule has 3 aliphatic rings. The maximum Gasteiger partial charge on any atom is 0.197 e. The summed E-state index contributed by atoms with van der Waals surface area (Å²) in [5, 5.41) is 0. The molecule has 4 rings (SSSR count). The van der Waals surface area contributed by atoms with Crippen LogP contribution in [0.15, 0.2) is 35.3 Å². The first-order valence-corrected chi connectivity index (χ1v) is 9.04. The zero-order chi connectivity index (χ0) is 15.5. The molecule has 1 aromatic rings. The summed E-state index contributed by atoms with van der Waals surface area (Å²) < 4.78 is 5.47. The largest absolute Gasteiger partial charge is 0.381 e. The summed E-state index contributed by atoms with van der Waals surface area (Å²) in [5.74, 6) is 2.99. The van der Waals surface area contributed by atoms with Gasteiger partial charge >= 0.3 is 0 Å². The van der Waals surface area contributed by atoms with Crippen molar-refractivity contribution in [2.75, 3.05) is 39.4 Å². The van der Waals surface area contributed by atoms with Crippen molar-refractivity contribution in [3.05, 3.63) is 35.9 Å². The van der Waals surface area contributed by atoms with Gasteiger partial charge in [0.1, 0.15) is 0 Å². The van der Waals surface area contributed by atoms with Crippen LogP contribution >= 0.6 is 0 Å². The summed E-state index contributed by atoms with van der Waals surface area (Å²) >= 11 is 0. The van der Waals surface area contributed by atoms with Gasteiger partial charge in [0, 0.05) is 39.4 Å². The number of guanidine groups is 1. The van der Waals surface area contributed by atoms with E-state index in [4.69, 9.17) is 9.73 Å². The molecule has 2 saturated heterocycles. The minimum Gasteiger partial charge on any atom is -0.381 e. The molecule has 0 saturated carbocycles. The van der Waals surface area contributed by atoms with Crippen molar-refractivity contribution in [2.45, 2.75) is 25.8 Å². The van der Waals surface area contributed by atoms with E-state index < -0.39 is 0 Å². The Bertz CT molecular complexity index is 533. The Labute approximate surface area is 139 Å². The third kappa shape index (κ3) is 3.52. The molecular weight excluding hydrogens is 286 g/mol. The molecule has 0 aliphatic carbocycles. The molecule has 2 fully saturated rings. The van der Waals surface area contributed by atoms with Gasteiger partial charge in [0.05, 0.1) is 6.54 Å². The van der Waals surface area contributed by atoms with Crippen molar-refractivity contribution < 1.29 is 4.74 Å². The van der Waals surface area contributed by atoms with Gasteiger partial charge in [-0.1, -0.05) is 30.3 Å². The van der Waals surface area contributed by atoms with Crippen LogP contribution in [-0.4, -0.2) is 55.2 Å². The number of aliphatic imine (C=N–C) groups is 1. The van der Waals surface area contributed by atoms with Crippen LogP contribution in [-0.2, 0) is 11.3 Å². The van der Waals surface area contributed by atoms with Gasteiger partial charge < -0.3 is 14.5 Å². The number of rotatable bonds is 4. The highest BCUT2D eigenvalue weighted by atomic mass is 16.5. The van der Waals surface area contributed by atoms with E-state index in [1.807, 2.05) is 0 Å². The van der Waals surface area contributed by atoms with Gasteiger partial charge in [0.25, 0.3) is 0 Å². The summed E-state index contributed by atoms with van der Waals surface area (Å²) in [6, 6.07) is 10.7. The molecule has 0 aromatic heterocycles. The van der Waals surface area contributed by atoms with Crippen LogP contribution in [0, 0.1) is 11.8 Å². The average molecular weight is 313 g/mol. The molecule has 4 heteroatoms. The number of nitrogens with zero attached hydrogens (tertiary/aromatic N) is 3. The van der Waals surface area contributed by atoms with Gasteiger partial charge in [-0.25, -0.2) is 0 Å². The van der Waals surface area contributed by atoms with E-state index >= 15 is 0 Å². The first kappa shape index (κ1) is 15.0. The lowest BCUT2D eigenvalue weighted by Crippen LogP contribution is -2.54. The minimum atomic E-state index is 0.861. The summed E-state index contributed by atoms with van der Waals surface area (Å²) in [6.45, 7) is 7.33. The van der Waals surface area contributed by atoms with Crippen molar-refractivity contribution >= 4 is 5.96 Å². The molecule has 0 bridgehead atoms. The third-order valence-corrected chi connectivity index (χ3v) is 5.37. The van der Waals surface area contributed by atoms with E-state index in [0.29, 0.717) is 0 Å². The van der Waals surface area contributed by atoms with Gasteiger partial charge in [-0.15, -0.1) is 0 Å². The van der Waals surface area contributed by atoms with E-state index in [9.17, 15) is 0 Å². The second-order valence-corrected chi connectivity index (χ2v) is 7.15. The Morgan fingerprint density at radius 3 is 2.61 bits per heavy atom. The lowest BCUT2D eigenvalue weighted by molar-refractivity contribution is 0.0451. The Balaban J connectivity index is 1.27. The first-order chi connectivity index (χ1) is 11.4. The van der Waals surface area contributed by atoms with E-state index in [2.05, 4.69) is 40.1 Å². The van der Waals surface area contributed by atoms with Crippen molar-refractivity contribution in [3.63, 3.8) is 0 Å². The number of hydrogen-bond acceptors (Lipinski definition) is 4. The minimum absolute atomic E-state index is 0.861. The maximum atomic E-state index is 5.47. The second kappa shape index (κ2) is 6.91. The van der Waals surface area contributed by atoms with E-state index in [1.54, 1.807) is 0 Å². The Morgan fingerprint density at radius 1 is 1.04 bits per heavy atom. The Morgan fingerprint density at radius 2 is 1.83 bits per heavy atom. The highest BCUT2D eigenvalue weighted by Crippen LogP contribution is 2.30. The first-order valence-electron chi connectivity index (χ1n) is 9.04. The van der Waals surface area contributed by atoms with Crippen LogP contribution in [0.3, 0.4) is 0 Å². The second-order valence-electron chi connectivity index (χ2n) is 7.15. The van der Waals surface area contributed by atoms with Crippen LogP contribution < -0.4 is 0 Å². The molecule has 1 aromatic carbocycles. The molecule has 0 radical (unpaired) electrons. The van der Waals surface area contributed by atoms with Gasteiger partial charge in [-0.05, 0) is 36.7 Å². The van der Waals surface area contributed by atoms with E-state index in [0.717, 1.165) is 44.7 Å². The van der Waals surface area contributed by atoms with Crippen molar-refractivity contribution in [1.82, 2.24) is 9.80 Å². The summed E-state index contributed by atoms with van der Waals surface area (Å²) in [6.07, 6.45) is 3.90. The van der Waals surface area contributed by atoms with Crippen LogP contribution in [0.2, 0.25) is 0 Å². The predicted octanol–water partition coefficient (Wildman–Crippen LogP) is 2.61. The summed E-state index contributed by atoms with van der Waals surface area (Å²) in [7, 11) is 0. The van der Waals surface area contributed by atoms with Crippen molar-refractivity contribution in [3.8, 4) is 0 Å². The normalized spacial score (nSPS) is 23.0. The van der Waals surface area contributed by atoms with E-state index in [1.165, 1.54) is 43.9 Å². The smallest absolute Gasteiger partial charge is 0.197 e. The number of benzene rings is 1. The van der Waals surface area contributed by atoms with Gasteiger partial charge in [0.2, 0.25) is 0 Å². The third-order valence-electron chi connectivity index (χ3n) is 5.37. The molecule has 23 heavy (non-hydrogen) atoms. The van der Waals surface area contributed by atoms with E-state index in [-0.39, 0.29) is 0 Å². The molecule has 0 unspecified atom stereocenters. The molecule has 0 amide bonds. The van der Waals surface area contributed by atoms with Crippen LogP contribution in [0.1, 0.15) is 24.8 Å². The Hall–Kier alpha value is -1.55. The monoisotopic (exact) mass is 313 g/mol. The predicted molar refractivity (Wildman–Crippen MR) is 92.4 cm³/mol. The lowest BCUT2D eigenvalue weighted by Gasteiger charge is -2.44. The van der Waals surface area contributed by atoms with Crippen molar-refractivity contribution in [1.29, 1.82) is 0 Å². The molecule has 0 spiro atoms. The highest BCUT2D eigenvalue weighted by Gasteiger charge is 2.34. The van der Waals surface area contributed by atoms with Crippen LogP contribution in [0.4, 0.5) is 0 Å². The summed E-state index contributed by atoms with van der Waals surface area (Å²) in [4.78, 5) is 9.70. The number of ether oxygens (including phenoxy) is 1. The van der Waals surface area contributed by atoms with Gasteiger partial charge in [-0.3, -0.25) is 4.99 Å². The van der Waals surface area contributed by atoms with Crippen LogP contribution in [0.5, 0.6) is 0 Å². The van der Waals surface area contributed by atoms with Crippen molar-refractivity contribution in [2.24, 2.45) is 16.8 Å². The molecular formula is C19H27N3O. The van der Waals surface area contributed by atoms with Gasteiger partial charge in [-0.2, -0.15) is 0 Å². The fourth-order valence-corrected chi connectivity index (χ4v) is 4.06. The average Bonchev–Trinajstić information content (AvgIpc) is 3.00. The molecule has 3 aliphatic heterocycles. The number of hydrogen-bond donors (Lipinski definition) is 0. The lowest BCUT2D eigenvalue weighted by atomic mass is 9.85. The highest BCUT2D eigenvalue weighted by molar-refractivity contribution is 5.82. The molecule has 3 heterocycles. The molecule has 124 valence electrons. The topological polar surface area (TPSA) is 28.1 Å². The number of likely N-dealkylation sites (tertiary alicyclic amines) is 1. The van der Waals surface area contributed by atoms with Crippen LogP contribution in [0.25, 0.3) is 0 Å².